The van der Waals surface area contributed by atoms with Crippen LogP contribution in [0, 0.1) is 0 Å². The number of hydrogen-bond acceptors (Lipinski definition) is 7. The molecule has 1 aromatic carbocycles. The van der Waals surface area contributed by atoms with Gasteiger partial charge in [0.05, 0.1) is 12.7 Å². The molecule has 3 rings (SSSR count). The number of amides is 2. The number of esters is 2. The van der Waals surface area contributed by atoms with Gasteiger partial charge in [0.1, 0.15) is 11.0 Å². The lowest BCUT2D eigenvalue weighted by Gasteiger charge is -2.17. The number of thiophene rings is 1. The van der Waals surface area contributed by atoms with Crippen LogP contribution in [0.5, 0.6) is 0 Å². The van der Waals surface area contributed by atoms with Gasteiger partial charge in [-0.05, 0) is 36.8 Å². The van der Waals surface area contributed by atoms with E-state index in [1.165, 1.54) is 25.4 Å². The fourth-order valence-corrected chi connectivity index (χ4v) is 4.98. The number of methoxy groups -OCH3 is 1. The average Bonchev–Trinajstić information content (AvgIpc) is 3.14. The van der Waals surface area contributed by atoms with Gasteiger partial charge >= 0.3 is 11.9 Å². The van der Waals surface area contributed by atoms with Crippen molar-refractivity contribution in [2.24, 2.45) is 0 Å². The van der Waals surface area contributed by atoms with Gasteiger partial charge in [-0.25, -0.2) is 9.59 Å². The Kier molecular flexibility index (Phi) is 7.99. The minimum absolute atomic E-state index is 0.248. The Bertz CT molecular complexity index is 1000. The molecular weight excluding hydrogens is 432 g/mol. The smallest absolute Gasteiger partial charge is 0.341 e. The van der Waals surface area contributed by atoms with Gasteiger partial charge in [-0.1, -0.05) is 30.3 Å². The number of carbonyl (C=O) groups is 4. The lowest BCUT2D eigenvalue weighted by molar-refractivity contribution is -0.145. The number of benzene rings is 1. The lowest BCUT2D eigenvalue weighted by atomic mass is 9.95. The van der Waals surface area contributed by atoms with Gasteiger partial charge in [0.2, 0.25) is 5.91 Å². The lowest BCUT2D eigenvalue weighted by Crippen LogP contribution is -2.44. The molecule has 1 heterocycles. The van der Waals surface area contributed by atoms with Crippen LogP contribution in [0.2, 0.25) is 0 Å². The molecule has 0 radical (unpaired) electrons. The van der Waals surface area contributed by atoms with Crippen molar-refractivity contribution in [3.8, 4) is 0 Å². The van der Waals surface area contributed by atoms with Gasteiger partial charge < -0.3 is 20.1 Å². The van der Waals surface area contributed by atoms with E-state index in [0.717, 1.165) is 41.7 Å². The molecule has 8 nitrogen and oxygen atoms in total. The van der Waals surface area contributed by atoms with Crippen molar-refractivity contribution in [2.45, 2.75) is 45.1 Å². The first-order valence-corrected chi connectivity index (χ1v) is 11.2. The Morgan fingerprint density at radius 3 is 2.50 bits per heavy atom. The van der Waals surface area contributed by atoms with Crippen LogP contribution >= 0.6 is 11.3 Å². The van der Waals surface area contributed by atoms with Crippen molar-refractivity contribution in [2.75, 3.05) is 19.0 Å². The quantitative estimate of drug-likeness (QED) is 0.589. The highest BCUT2D eigenvalue weighted by Gasteiger charge is 2.28. The summed E-state index contributed by atoms with van der Waals surface area (Å²) in [6, 6.07) is 8.30. The predicted octanol–water partition coefficient (Wildman–Crippen LogP) is 2.64. The average molecular weight is 459 g/mol. The number of hydrogen-bond donors (Lipinski definition) is 2. The Morgan fingerprint density at radius 1 is 1.09 bits per heavy atom. The molecule has 9 heteroatoms. The molecule has 0 aliphatic heterocycles. The van der Waals surface area contributed by atoms with E-state index in [2.05, 4.69) is 10.6 Å². The van der Waals surface area contributed by atoms with Crippen LogP contribution < -0.4 is 10.6 Å². The molecule has 0 bridgehead atoms. The highest BCUT2D eigenvalue weighted by atomic mass is 32.1. The maximum atomic E-state index is 12.8. The third-order valence-electron chi connectivity index (χ3n) is 5.10. The van der Waals surface area contributed by atoms with E-state index in [1.807, 2.05) is 30.3 Å². The first-order valence-electron chi connectivity index (χ1n) is 10.4. The molecule has 1 unspecified atom stereocenters. The summed E-state index contributed by atoms with van der Waals surface area (Å²) in [7, 11) is 1.25. The molecule has 0 spiro atoms. The Morgan fingerprint density at radius 2 is 1.81 bits per heavy atom. The normalized spacial score (nSPS) is 13.4. The van der Waals surface area contributed by atoms with Crippen molar-refractivity contribution < 1.29 is 28.7 Å². The number of nitrogens with one attached hydrogen (secondary N) is 2. The number of rotatable bonds is 8. The van der Waals surface area contributed by atoms with Crippen molar-refractivity contribution in [1.82, 2.24) is 5.32 Å². The molecule has 170 valence electrons. The topological polar surface area (TPSA) is 111 Å². The van der Waals surface area contributed by atoms with Crippen LogP contribution in [0.4, 0.5) is 5.00 Å². The summed E-state index contributed by atoms with van der Waals surface area (Å²) >= 11 is 1.38. The predicted molar refractivity (Wildman–Crippen MR) is 120 cm³/mol. The Balaban J connectivity index is 1.66. The third kappa shape index (κ3) is 5.94. The van der Waals surface area contributed by atoms with Crippen LogP contribution in [0.1, 0.15) is 46.1 Å². The molecule has 1 atom stereocenters. The van der Waals surface area contributed by atoms with Crippen molar-refractivity contribution in [1.29, 1.82) is 0 Å². The third-order valence-corrected chi connectivity index (χ3v) is 6.31. The fourth-order valence-electron chi connectivity index (χ4n) is 3.65. The van der Waals surface area contributed by atoms with Gasteiger partial charge in [0.25, 0.3) is 5.91 Å². The zero-order chi connectivity index (χ0) is 23.1. The van der Waals surface area contributed by atoms with E-state index >= 15 is 0 Å². The van der Waals surface area contributed by atoms with Crippen LogP contribution in [0.15, 0.2) is 30.3 Å². The van der Waals surface area contributed by atoms with Crippen LogP contribution in [-0.2, 0) is 43.1 Å². The largest absolute Gasteiger partial charge is 0.467 e. The summed E-state index contributed by atoms with van der Waals surface area (Å²) in [6.45, 7) is 0.826. The number of anilines is 1. The zero-order valence-electron chi connectivity index (χ0n) is 18.1. The molecule has 32 heavy (non-hydrogen) atoms. The van der Waals surface area contributed by atoms with Crippen molar-refractivity contribution in [3.63, 3.8) is 0 Å². The first kappa shape index (κ1) is 23.5. The fraction of sp³-hybridized carbons (Fsp3) is 0.391. The second-order valence-corrected chi connectivity index (χ2v) is 8.61. The minimum atomic E-state index is -0.905. The summed E-state index contributed by atoms with van der Waals surface area (Å²) in [5.74, 6) is -2.15. The van der Waals surface area contributed by atoms with Crippen molar-refractivity contribution >= 4 is 40.1 Å². The van der Waals surface area contributed by atoms with E-state index in [1.54, 1.807) is 0 Å². The molecule has 2 amide bonds. The summed E-state index contributed by atoms with van der Waals surface area (Å²) in [5.41, 5.74) is 2.05. The molecule has 2 N–H and O–H groups in total. The monoisotopic (exact) mass is 458 g/mol. The number of fused-ring (bicyclic) bond motifs is 1. The number of aryl methyl sites for hydroxylation is 1. The molecule has 0 saturated heterocycles. The maximum Gasteiger partial charge on any atom is 0.341 e. The van der Waals surface area contributed by atoms with Gasteiger partial charge in [-0.15, -0.1) is 11.3 Å². The van der Waals surface area contributed by atoms with Gasteiger partial charge in [-0.3, -0.25) is 9.59 Å². The molecule has 0 fully saturated rings. The summed E-state index contributed by atoms with van der Waals surface area (Å²) in [6.07, 6.45) is 3.80. The second kappa shape index (κ2) is 10.9. The van der Waals surface area contributed by atoms with Crippen LogP contribution in [0.25, 0.3) is 0 Å². The molecular formula is C23H26N2O6S. The maximum absolute atomic E-state index is 12.8. The van der Waals surface area contributed by atoms with E-state index < -0.39 is 30.5 Å². The summed E-state index contributed by atoms with van der Waals surface area (Å²) < 4.78 is 10.0. The summed E-state index contributed by atoms with van der Waals surface area (Å²) in [4.78, 5) is 50.0. The van der Waals surface area contributed by atoms with E-state index in [9.17, 15) is 19.2 Å². The van der Waals surface area contributed by atoms with E-state index in [0.29, 0.717) is 10.6 Å². The van der Waals surface area contributed by atoms with Crippen molar-refractivity contribution in [3.05, 3.63) is 51.9 Å². The first-order chi connectivity index (χ1) is 15.4. The molecule has 0 saturated carbocycles. The van der Waals surface area contributed by atoms with Gasteiger partial charge in [0, 0.05) is 18.2 Å². The highest BCUT2D eigenvalue weighted by Crippen LogP contribution is 2.38. The van der Waals surface area contributed by atoms with E-state index in [4.69, 9.17) is 9.47 Å². The second-order valence-electron chi connectivity index (χ2n) is 7.51. The molecule has 1 aromatic heterocycles. The van der Waals surface area contributed by atoms with Gasteiger partial charge in [0.15, 0.2) is 6.61 Å². The van der Waals surface area contributed by atoms with Crippen LogP contribution in [-0.4, -0.2) is 43.5 Å². The highest BCUT2D eigenvalue weighted by molar-refractivity contribution is 7.17. The standard InChI is InChI=1S/C23H26N2O6S/c1-14(26)24-21-20(16-10-6-7-11-18(16)32-21)23(29)31-13-19(27)25-17(22(28)30-2)12-15-8-4-3-5-9-15/h3-5,8-9,17H,6-7,10-13H2,1-2H3,(H,24,26)(H,25,27). The van der Waals surface area contributed by atoms with Gasteiger partial charge in [-0.2, -0.15) is 0 Å². The zero-order valence-corrected chi connectivity index (χ0v) is 18.9. The molecule has 1 aliphatic rings. The molecule has 2 aromatic rings. The van der Waals surface area contributed by atoms with E-state index in [-0.39, 0.29) is 12.3 Å². The SMILES string of the molecule is COC(=O)C(Cc1ccccc1)NC(=O)COC(=O)c1c(NC(C)=O)sc2c1CCCC2. The molecule has 1 aliphatic carbocycles. The number of carbonyl (C=O) groups excluding carboxylic acids is 4. The minimum Gasteiger partial charge on any atom is -0.467 e. The Hall–Kier alpha value is -3.20. The summed E-state index contributed by atoms with van der Waals surface area (Å²) in [5, 5.41) is 5.72. The number of ether oxygens (including phenoxy) is 2. The Labute approximate surface area is 190 Å². The van der Waals surface area contributed by atoms with Crippen LogP contribution in [0.3, 0.4) is 0 Å².